The maximum atomic E-state index is 12.7. The number of aromatic nitrogens is 3. The van der Waals surface area contributed by atoms with E-state index < -0.39 is 5.60 Å². The minimum Gasteiger partial charge on any atom is -0.362 e. The summed E-state index contributed by atoms with van der Waals surface area (Å²) in [5.41, 5.74) is 4.68. The van der Waals surface area contributed by atoms with Gasteiger partial charge in [0, 0.05) is 36.7 Å². The first-order valence-corrected chi connectivity index (χ1v) is 10.1. The SMILES string of the molecule is O=C(c1cscn1)N1CC[C@@]2(C1)OCc1cnc(NCc3ccccc3)nc12. The van der Waals surface area contributed by atoms with E-state index in [9.17, 15) is 4.79 Å². The van der Waals surface area contributed by atoms with Crippen molar-refractivity contribution in [1.82, 2.24) is 19.9 Å². The van der Waals surface area contributed by atoms with Crippen LogP contribution in [0.4, 0.5) is 5.95 Å². The molecular weight excluding hydrogens is 374 g/mol. The van der Waals surface area contributed by atoms with Crippen molar-refractivity contribution in [2.45, 2.75) is 25.2 Å². The van der Waals surface area contributed by atoms with Crippen molar-refractivity contribution in [3.8, 4) is 0 Å². The number of carbonyl (C=O) groups excluding carboxylic acids is 1. The molecule has 5 rings (SSSR count). The fourth-order valence-corrected chi connectivity index (χ4v) is 4.33. The van der Waals surface area contributed by atoms with Crippen molar-refractivity contribution >= 4 is 23.2 Å². The van der Waals surface area contributed by atoms with Crippen LogP contribution in [0.1, 0.15) is 33.7 Å². The molecule has 2 aromatic heterocycles. The Hall–Kier alpha value is -2.84. The largest absolute Gasteiger partial charge is 0.362 e. The topological polar surface area (TPSA) is 80.2 Å². The van der Waals surface area contributed by atoms with Gasteiger partial charge in [-0.2, -0.15) is 0 Å². The quantitative estimate of drug-likeness (QED) is 0.734. The Morgan fingerprint density at radius 3 is 3.00 bits per heavy atom. The maximum Gasteiger partial charge on any atom is 0.273 e. The summed E-state index contributed by atoms with van der Waals surface area (Å²) in [4.78, 5) is 27.8. The predicted molar refractivity (Wildman–Crippen MR) is 105 cm³/mol. The predicted octanol–water partition coefficient (Wildman–Crippen LogP) is 2.82. The molecule has 1 fully saturated rings. The minimum atomic E-state index is -0.548. The summed E-state index contributed by atoms with van der Waals surface area (Å²) < 4.78 is 6.15. The van der Waals surface area contributed by atoms with Crippen molar-refractivity contribution in [2.75, 3.05) is 18.4 Å². The van der Waals surface area contributed by atoms with Gasteiger partial charge in [0.2, 0.25) is 5.95 Å². The Morgan fingerprint density at radius 1 is 1.29 bits per heavy atom. The molecule has 2 aliphatic rings. The summed E-state index contributed by atoms with van der Waals surface area (Å²) in [7, 11) is 0. The summed E-state index contributed by atoms with van der Waals surface area (Å²) in [5, 5.41) is 5.07. The van der Waals surface area contributed by atoms with Gasteiger partial charge in [0.1, 0.15) is 11.3 Å². The molecule has 1 saturated heterocycles. The second kappa shape index (κ2) is 6.96. The number of hydrogen-bond acceptors (Lipinski definition) is 7. The number of ether oxygens (including phenoxy) is 1. The Morgan fingerprint density at radius 2 is 2.18 bits per heavy atom. The van der Waals surface area contributed by atoms with E-state index in [2.05, 4.69) is 27.4 Å². The van der Waals surface area contributed by atoms with E-state index in [0.29, 0.717) is 37.9 Å². The van der Waals surface area contributed by atoms with Crippen molar-refractivity contribution in [1.29, 1.82) is 0 Å². The molecule has 3 aromatic rings. The number of likely N-dealkylation sites (tertiary alicyclic amines) is 1. The number of hydrogen-bond donors (Lipinski definition) is 1. The number of benzene rings is 1. The molecule has 0 bridgehead atoms. The standard InChI is InChI=1S/C20H19N5O2S/c26-18(16-11-28-13-23-16)25-7-6-20(12-25)17-15(10-27-20)9-22-19(24-17)21-8-14-4-2-1-3-5-14/h1-5,9,11,13H,6-8,10,12H2,(H,21,22,24)/t20-/m0/s1. The van der Waals surface area contributed by atoms with Crippen LogP contribution in [-0.4, -0.2) is 38.8 Å². The summed E-state index contributed by atoms with van der Waals surface area (Å²) in [5.74, 6) is 0.531. The van der Waals surface area contributed by atoms with Crippen molar-refractivity contribution < 1.29 is 9.53 Å². The minimum absolute atomic E-state index is 0.0494. The Kier molecular flexibility index (Phi) is 4.29. The molecule has 0 aliphatic carbocycles. The zero-order valence-corrected chi connectivity index (χ0v) is 16.0. The number of amides is 1. The van der Waals surface area contributed by atoms with E-state index in [1.807, 2.05) is 29.3 Å². The molecule has 1 spiro atoms. The molecule has 1 atom stereocenters. The van der Waals surface area contributed by atoms with Crippen LogP contribution in [0.15, 0.2) is 47.4 Å². The van der Waals surface area contributed by atoms with E-state index in [4.69, 9.17) is 9.72 Å². The van der Waals surface area contributed by atoms with Crippen LogP contribution in [0, 0.1) is 0 Å². The normalized spacial score (nSPS) is 20.5. The van der Waals surface area contributed by atoms with Crippen LogP contribution < -0.4 is 5.32 Å². The number of nitrogens with zero attached hydrogens (tertiary/aromatic N) is 4. The molecule has 0 saturated carbocycles. The zero-order chi connectivity index (χ0) is 19.0. The summed E-state index contributed by atoms with van der Waals surface area (Å²) in [6, 6.07) is 10.1. The number of anilines is 1. The third-order valence-corrected chi connectivity index (χ3v) is 5.85. The van der Waals surface area contributed by atoms with E-state index in [0.717, 1.165) is 17.7 Å². The average molecular weight is 393 g/mol. The van der Waals surface area contributed by atoms with Gasteiger partial charge in [-0.25, -0.2) is 15.0 Å². The molecule has 1 aromatic carbocycles. The molecule has 2 aliphatic heterocycles. The fraction of sp³-hybridized carbons (Fsp3) is 0.300. The maximum absolute atomic E-state index is 12.7. The number of nitrogens with one attached hydrogen (secondary N) is 1. The smallest absolute Gasteiger partial charge is 0.273 e. The van der Waals surface area contributed by atoms with E-state index >= 15 is 0 Å². The van der Waals surface area contributed by atoms with Crippen LogP contribution in [0.25, 0.3) is 0 Å². The Balaban J connectivity index is 1.35. The number of rotatable bonds is 4. The van der Waals surface area contributed by atoms with Gasteiger partial charge in [-0.3, -0.25) is 4.79 Å². The number of fused-ring (bicyclic) bond motifs is 2. The molecule has 142 valence electrons. The molecule has 28 heavy (non-hydrogen) atoms. The van der Waals surface area contributed by atoms with E-state index in [-0.39, 0.29) is 5.91 Å². The van der Waals surface area contributed by atoms with Crippen LogP contribution in [-0.2, 0) is 23.5 Å². The summed E-state index contributed by atoms with van der Waals surface area (Å²) in [6.45, 7) is 2.26. The lowest BCUT2D eigenvalue weighted by Crippen LogP contribution is -2.35. The molecule has 8 heteroatoms. The second-order valence-corrected chi connectivity index (χ2v) is 7.76. The Labute approximate surface area is 166 Å². The highest BCUT2D eigenvalue weighted by molar-refractivity contribution is 7.07. The van der Waals surface area contributed by atoms with Crippen molar-refractivity contribution in [3.05, 3.63) is 69.9 Å². The Bertz CT molecular complexity index is 995. The molecule has 1 amide bonds. The lowest BCUT2D eigenvalue weighted by atomic mass is 9.98. The zero-order valence-electron chi connectivity index (χ0n) is 15.2. The first-order chi connectivity index (χ1) is 13.7. The van der Waals surface area contributed by atoms with Gasteiger partial charge in [-0.1, -0.05) is 30.3 Å². The van der Waals surface area contributed by atoms with Gasteiger partial charge in [-0.05, 0) is 5.56 Å². The second-order valence-electron chi connectivity index (χ2n) is 7.04. The van der Waals surface area contributed by atoms with Gasteiger partial charge >= 0.3 is 0 Å². The average Bonchev–Trinajstić information content (AvgIpc) is 3.49. The van der Waals surface area contributed by atoms with Gasteiger partial charge in [0.25, 0.3) is 5.91 Å². The molecule has 0 unspecified atom stereocenters. The van der Waals surface area contributed by atoms with Crippen LogP contribution in [0.2, 0.25) is 0 Å². The van der Waals surface area contributed by atoms with Crippen molar-refractivity contribution in [2.24, 2.45) is 0 Å². The number of carbonyl (C=O) groups is 1. The van der Waals surface area contributed by atoms with Gasteiger partial charge in [-0.15, -0.1) is 11.3 Å². The molecule has 0 radical (unpaired) electrons. The van der Waals surface area contributed by atoms with Gasteiger partial charge in [0.15, 0.2) is 0 Å². The monoisotopic (exact) mass is 393 g/mol. The summed E-state index contributed by atoms with van der Waals surface area (Å²) in [6.07, 6.45) is 2.56. The third-order valence-electron chi connectivity index (χ3n) is 5.26. The summed E-state index contributed by atoms with van der Waals surface area (Å²) >= 11 is 1.43. The van der Waals surface area contributed by atoms with Gasteiger partial charge in [0.05, 0.1) is 24.4 Å². The first-order valence-electron chi connectivity index (χ1n) is 9.19. The van der Waals surface area contributed by atoms with Crippen LogP contribution in [0.3, 0.4) is 0 Å². The lowest BCUT2D eigenvalue weighted by Gasteiger charge is -2.23. The van der Waals surface area contributed by atoms with Crippen LogP contribution >= 0.6 is 11.3 Å². The highest BCUT2D eigenvalue weighted by Gasteiger charge is 2.48. The van der Waals surface area contributed by atoms with E-state index in [1.165, 1.54) is 16.9 Å². The molecular formula is C20H19N5O2S. The number of thiazole rings is 1. The highest BCUT2D eigenvalue weighted by Crippen LogP contribution is 2.42. The molecule has 4 heterocycles. The van der Waals surface area contributed by atoms with Crippen LogP contribution in [0.5, 0.6) is 0 Å². The fourth-order valence-electron chi connectivity index (χ4n) is 3.80. The molecule has 1 N–H and O–H groups in total. The highest BCUT2D eigenvalue weighted by atomic mass is 32.1. The van der Waals surface area contributed by atoms with Crippen molar-refractivity contribution in [3.63, 3.8) is 0 Å². The first kappa shape index (κ1) is 17.3. The lowest BCUT2D eigenvalue weighted by molar-refractivity contribution is -0.0304. The third kappa shape index (κ3) is 3.04. The van der Waals surface area contributed by atoms with Gasteiger partial charge < -0.3 is 15.0 Å². The van der Waals surface area contributed by atoms with E-state index in [1.54, 1.807) is 10.9 Å². The molecule has 7 nitrogen and oxygen atoms in total.